The minimum Gasteiger partial charge on any atom is -0.324 e. The molecule has 0 heterocycles. The predicted molar refractivity (Wildman–Crippen MR) is 84.0 cm³/mol. The van der Waals surface area contributed by atoms with Crippen LogP contribution < -0.4 is 0 Å². The first-order chi connectivity index (χ1) is 8.74. The van der Waals surface area contributed by atoms with Crippen molar-refractivity contribution in [3.8, 4) is 0 Å². The summed E-state index contributed by atoms with van der Waals surface area (Å²) in [5.41, 5.74) is 0. The smallest absolute Gasteiger partial charge is 0.0786 e. The fraction of sp³-hybridized carbons (Fsp3) is 1.00. The van der Waals surface area contributed by atoms with E-state index in [0.717, 1.165) is 0 Å². The highest BCUT2D eigenvalue weighted by Gasteiger charge is 2.24. The summed E-state index contributed by atoms with van der Waals surface area (Å²) in [6.45, 7) is 15.0. The van der Waals surface area contributed by atoms with Crippen LogP contribution in [-0.4, -0.2) is 30.7 Å². The van der Waals surface area contributed by atoms with Gasteiger partial charge in [0.05, 0.1) is 26.2 Å². The van der Waals surface area contributed by atoms with E-state index in [1.165, 1.54) is 88.4 Å². The quantitative estimate of drug-likeness (QED) is 0.306. The zero-order chi connectivity index (χ0) is 13.7. The predicted octanol–water partition coefficient (Wildman–Crippen LogP) is 5.39. The van der Waals surface area contributed by atoms with Crippen molar-refractivity contribution in [2.24, 2.45) is 0 Å². The maximum absolute atomic E-state index is 2.36. The fourth-order valence-electron chi connectivity index (χ4n) is 3.03. The molecule has 0 amide bonds. The van der Waals surface area contributed by atoms with Crippen molar-refractivity contribution in [2.75, 3.05) is 26.2 Å². The molecule has 0 aliphatic carbocycles. The Morgan fingerprint density at radius 1 is 0.444 bits per heavy atom. The van der Waals surface area contributed by atoms with Gasteiger partial charge in [0.1, 0.15) is 0 Å². The number of rotatable bonds is 13. The molecule has 0 saturated carbocycles. The minimum absolute atomic E-state index is 1.35. The Morgan fingerprint density at radius 2 is 0.889 bits per heavy atom. The molecule has 0 aromatic heterocycles. The second-order valence-electron chi connectivity index (χ2n) is 6.00. The van der Waals surface area contributed by atoms with E-state index in [9.17, 15) is 0 Å². The van der Waals surface area contributed by atoms with Crippen molar-refractivity contribution in [3.05, 3.63) is 0 Å². The summed E-state index contributed by atoms with van der Waals surface area (Å²) in [4.78, 5) is 0. The van der Waals surface area contributed by atoms with Crippen LogP contribution in [0.3, 0.4) is 0 Å². The third kappa shape index (κ3) is 8.13. The van der Waals surface area contributed by atoms with Gasteiger partial charge in [0.2, 0.25) is 0 Å². The molecule has 0 aromatic carbocycles. The lowest BCUT2D eigenvalue weighted by Gasteiger charge is -2.39. The number of unbranched alkanes of at least 4 members (excludes halogenated alkanes) is 5. The van der Waals surface area contributed by atoms with Gasteiger partial charge in [-0.15, -0.1) is 0 Å². The standard InChI is InChI=1S/C17H38N/c1-5-9-12-16-18(14-8-4,15-11-7-3)17-13-10-6-2/h5-17H2,1-4H3/q+1. The van der Waals surface area contributed by atoms with Crippen LogP contribution in [0.5, 0.6) is 0 Å². The molecular formula is C17H38N+. The third-order valence-corrected chi connectivity index (χ3v) is 4.16. The van der Waals surface area contributed by atoms with Gasteiger partial charge >= 0.3 is 0 Å². The second-order valence-corrected chi connectivity index (χ2v) is 6.00. The fourth-order valence-corrected chi connectivity index (χ4v) is 3.03. The van der Waals surface area contributed by atoms with Crippen LogP contribution in [0.1, 0.15) is 85.5 Å². The highest BCUT2D eigenvalue weighted by atomic mass is 15.3. The van der Waals surface area contributed by atoms with Crippen LogP contribution in [0, 0.1) is 0 Å². The molecule has 110 valence electrons. The normalized spacial score (nSPS) is 12.0. The molecule has 0 aliphatic heterocycles. The maximum Gasteiger partial charge on any atom is 0.0786 e. The lowest BCUT2D eigenvalue weighted by molar-refractivity contribution is -0.929. The maximum atomic E-state index is 2.36. The summed E-state index contributed by atoms with van der Waals surface area (Å²) in [7, 11) is 0. The summed E-state index contributed by atoms with van der Waals surface area (Å²) in [5, 5.41) is 0. The van der Waals surface area contributed by atoms with Crippen LogP contribution in [0.4, 0.5) is 0 Å². The first kappa shape index (κ1) is 18.0. The van der Waals surface area contributed by atoms with E-state index in [-0.39, 0.29) is 0 Å². The molecule has 0 bridgehead atoms. The Labute approximate surface area is 117 Å². The van der Waals surface area contributed by atoms with E-state index >= 15 is 0 Å². The van der Waals surface area contributed by atoms with E-state index < -0.39 is 0 Å². The largest absolute Gasteiger partial charge is 0.324 e. The summed E-state index contributed by atoms with van der Waals surface area (Å²) in [6.07, 6.45) is 12.5. The highest BCUT2D eigenvalue weighted by Crippen LogP contribution is 2.16. The number of quaternary nitrogens is 1. The molecule has 0 N–H and O–H groups in total. The van der Waals surface area contributed by atoms with Gasteiger partial charge < -0.3 is 4.48 Å². The molecule has 0 aromatic rings. The zero-order valence-corrected chi connectivity index (χ0v) is 13.6. The van der Waals surface area contributed by atoms with Crippen LogP contribution in [0.25, 0.3) is 0 Å². The van der Waals surface area contributed by atoms with Gasteiger partial charge in [0, 0.05) is 0 Å². The molecule has 0 fully saturated rings. The molecule has 1 nitrogen and oxygen atoms in total. The van der Waals surface area contributed by atoms with Crippen molar-refractivity contribution < 1.29 is 4.48 Å². The summed E-state index contributed by atoms with van der Waals surface area (Å²) in [6, 6.07) is 0. The molecule has 0 spiro atoms. The van der Waals surface area contributed by atoms with Gasteiger partial charge in [-0.2, -0.15) is 0 Å². The first-order valence-electron chi connectivity index (χ1n) is 8.59. The van der Waals surface area contributed by atoms with Crippen LogP contribution in [0.15, 0.2) is 0 Å². The van der Waals surface area contributed by atoms with Gasteiger partial charge in [-0.05, 0) is 38.5 Å². The lowest BCUT2D eigenvalue weighted by atomic mass is 10.1. The van der Waals surface area contributed by atoms with E-state index in [4.69, 9.17) is 0 Å². The van der Waals surface area contributed by atoms with Crippen LogP contribution >= 0.6 is 0 Å². The second kappa shape index (κ2) is 12.0. The summed E-state index contributed by atoms with van der Waals surface area (Å²) < 4.78 is 1.42. The molecular weight excluding hydrogens is 218 g/mol. The lowest BCUT2D eigenvalue weighted by Crippen LogP contribution is -2.50. The van der Waals surface area contributed by atoms with Crippen molar-refractivity contribution in [1.29, 1.82) is 0 Å². The first-order valence-corrected chi connectivity index (χ1v) is 8.59. The molecule has 0 atom stereocenters. The molecule has 0 rings (SSSR count). The number of nitrogens with zero attached hydrogens (tertiary/aromatic N) is 1. The van der Waals surface area contributed by atoms with Gasteiger partial charge in [0.25, 0.3) is 0 Å². The molecule has 0 aliphatic rings. The van der Waals surface area contributed by atoms with E-state index in [1.807, 2.05) is 0 Å². The molecule has 0 unspecified atom stereocenters. The summed E-state index contributed by atoms with van der Waals surface area (Å²) >= 11 is 0. The molecule has 0 radical (unpaired) electrons. The van der Waals surface area contributed by atoms with Crippen molar-refractivity contribution in [1.82, 2.24) is 0 Å². The average Bonchev–Trinajstić information content (AvgIpc) is 2.37. The Kier molecular flexibility index (Phi) is 12.0. The van der Waals surface area contributed by atoms with Crippen LogP contribution in [0.2, 0.25) is 0 Å². The Bertz CT molecular complexity index is 155. The number of hydrogen-bond donors (Lipinski definition) is 0. The molecule has 0 saturated heterocycles. The van der Waals surface area contributed by atoms with Gasteiger partial charge in [-0.1, -0.05) is 47.0 Å². The topological polar surface area (TPSA) is 0 Å². The zero-order valence-electron chi connectivity index (χ0n) is 13.6. The Hall–Kier alpha value is -0.0400. The van der Waals surface area contributed by atoms with Gasteiger partial charge in [0.15, 0.2) is 0 Å². The van der Waals surface area contributed by atoms with Gasteiger partial charge in [-0.3, -0.25) is 0 Å². The van der Waals surface area contributed by atoms with Crippen molar-refractivity contribution in [3.63, 3.8) is 0 Å². The van der Waals surface area contributed by atoms with Gasteiger partial charge in [-0.25, -0.2) is 0 Å². The Morgan fingerprint density at radius 3 is 1.28 bits per heavy atom. The Balaban J connectivity index is 4.34. The van der Waals surface area contributed by atoms with Crippen molar-refractivity contribution >= 4 is 0 Å². The van der Waals surface area contributed by atoms with E-state index in [1.54, 1.807) is 0 Å². The average molecular weight is 256 g/mol. The van der Waals surface area contributed by atoms with E-state index in [0.29, 0.717) is 0 Å². The minimum atomic E-state index is 1.35. The monoisotopic (exact) mass is 256 g/mol. The molecule has 18 heavy (non-hydrogen) atoms. The third-order valence-electron chi connectivity index (χ3n) is 4.16. The van der Waals surface area contributed by atoms with Crippen LogP contribution in [-0.2, 0) is 0 Å². The van der Waals surface area contributed by atoms with E-state index in [2.05, 4.69) is 27.7 Å². The highest BCUT2D eigenvalue weighted by molar-refractivity contribution is 4.49. The van der Waals surface area contributed by atoms with Crippen molar-refractivity contribution in [2.45, 2.75) is 85.5 Å². The number of hydrogen-bond acceptors (Lipinski definition) is 0. The summed E-state index contributed by atoms with van der Waals surface area (Å²) in [5.74, 6) is 0. The molecule has 1 heteroatoms. The SMILES string of the molecule is CCCCC[N+](CCC)(CCCC)CCCCC.